The summed E-state index contributed by atoms with van der Waals surface area (Å²) in [4.78, 5) is 2.47. The Morgan fingerprint density at radius 1 is 1.67 bits per heavy atom. The van der Waals surface area contributed by atoms with Gasteiger partial charge in [-0.05, 0) is 13.0 Å². The first-order valence-corrected chi connectivity index (χ1v) is 6.54. The van der Waals surface area contributed by atoms with Crippen molar-refractivity contribution in [3.8, 4) is 0 Å². The summed E-state index contributed by atoms with van der Waals surface area (Å²) in [5, 5.41) is 0. The summed E-state index contributed by atoms with van der Waals surface area (Å²) in [6.07, 6.45) is 1.74. The van der Waals surface area contributed by atoms with Crippen molar-refractivity contribution in [2.24, 2.45) is 5.73 Å². The van der Waals surface area contributed by atoms with Crippen molar-refractivity contribution in [2.75, 3.05) is 18.1 Å². The van der Waals surface area contributed by atoms with Crippen molar-refractivity contribution in [2.45, 2.75) is 26.1 Å². The van der Waals surface area contributed by atoms with Gasteiger partial charge in [-0.25, -0.2) is 0 Å². The summed E-state index contributed by atoms with van der Waals surface area (Å²) >= 11 is 2.03. The van der Waals surface area contributed by atoms with E-state index in [1.165, 1.54) is 11.5 Å². The number of furan rings is 1. The molecule has 0 radical (unpaired) electrons. The minimum Gasteiger partial charge on any atom is -0.468 e. The third-order valence-corrected chi connectivity index (χ3v) is 4.10. The summed E-state index contributed by atoms with van der Waals surface area (Å²) in [6, 6.07) is 2.61. The van der Waals surface area contributed by atoms with Crippen LogP contribution in [0.5, 0.6) is 0 Å². The minimum atomic E-state index is 0.572. The summed E-state index contributed by atoms with van der Waals surface area (Å²) < 4.78 is 5.48. The van der Waals surface area contributed by atoms with E-state index in [9.17, 15) is 0 Å². The molecule has 0 amide bonds. The standard InChI is InChI=1S/C11H18N2OS/c1-9-8-15-5-3-13(9)7-11-10(6-12)2-4-14-11/h2,4,9H,3,5-8,12H2,1H3. The molecule has 1 unspecified atom stereocenters. The largest absolute Gasteiger partial charge is 0.468 e. The number of thioether (sulfide) groups is 1. The number of hydrogen-bond donors (Lipinski definition) is 1. The van der Waals surface area contributed by atoms with Crippen LogP contribution in [0.3, 0.4) is 0 Å². The summed E-state index contributed by atoms with van der Waals surface area (Å²) in [5.41, 5.74) is 6.79. The number of nitrogens with two attached hydrogens (primary N) is 1. The molecule has 3 nitrogen and oxygen atoms in total. The lowest BCUT2D eigenvalue weighted by atomic mass is 10.2. The van der Waals surface area contributed by atoms with Gasteiger partial charge in [0.05, 0.1) is 12.8 Å². The van der Waals surface area contributed by atoms with E-state index in [4.69, 9.17) is 10.2 Å². The molecule has 2 heterocycles. The summed E-state index contributed by atoms with van der Waals surface area (Å²) in [6.45, 7) is 4.90. The van der Waals surface area contributed by atoms with E-state index < -0.39 is 0 Å². The second kappa shape index (κ2) is 5.05. The fraction of sp³-hybridized carbons (Fsp3) is 0.636. The highest BCUT2D eigenvalue weighted by Gasteiger charge is 2.20. The average Bonchev–Trinajstić information content (AvgIpc) is 2.69. The van der Waals surface area contributed by atoms with Gasteiger partial charge in [-0.2, -0.15) is 11.8 Å². The van der Waals surface area contributed by atoms with Crippen molar-refractivity contribution in [3.05, 3.63) is 23.7 Å². The van der Waals surface area contributed by atoms with Crippen LogP contribution in [0.15, 0.2) is 16.7 Å². The first kappa shape index (κ1) is 11.0. The van der Waals surface area contributed by atoms with Gasteiger partial charge in [0, 0.05) is 36.2 Å². The second-order valence-electron chi connectivity index (χ2n) is 3.97. The molecular weight excluding hydrogens is 208 g/mol. The van der Waals surface area contributed by atoms with Crippen molar-refractivity contribution in [1.29, 1.82) is 0 Å². The van der Waals surface area contributed by atoms with Gasteiger partial charge in [0.2, 0.25) is 0 Å². The van der Waals surface area contributed by atoms with Gasteiger partial charge >= 0.3 is 0 Å². The highest BCUT2D eigenvalue weighted by atomic mass is 32.2. The quantitative estimate of drug-likeness (QED) is 0.851. The van der Waals surface area contributed by atoms with Crippen molar-refractivity contribution >= 4 is 11.8 Å². The van der Waals surface area contributed by atoms with Crippen LogP contribution in [0.1, 0.15) is 18.2 Å². The second-order valence-corrected chi connectivity index (χ2v) is 5.12. The molecule has 15 heavy (non-hydrogen) atoms. The molecular formula is C11H18N2OS. The van der Waals surface area contributed by atoms with Gasteiger partial charge in [-0.1, -0.05) is 0 Å². The molecule has 84 valence electrons. The third kappa shape index (κ3) is 2.56. The van der Waals surface area contributed by atoms with E-state index in [2.05, 4.69) is 11.8 Å². The predicted molar refractivity (Wildman–Crippen MR) is 63.8 cm³/mol. The van der Waals surface area contributed by atoms with Gasteiger partial charge in [0.15, 0.2) is 0 Å². The van der Waals surface area contributed by atoms with Crippen LogP contribution in [-0.4, -0.2) is 29.0 Å². The highest BCUT2D eigenvalue weighted by Crippen LogP contribution is 2.20. The Hall–Kier alpha value is -0.450. The van der Waals surface area contributed by atoms with Crippen molar-refractivity contribution in [1.82, 2.24) is 4.90 Å². The molecule has 1 aromatic heterocycles. The number of rotatable bonds is 3. The van der Waals surface area contributed by atoms with Crippen LogP contribution in [0.4, 0.5) is 0 Å². The van der Waals surface area contributed by atoms with E-state index in [1.807, 2.05) is 17.8 Å². The van der Waals surface area contributed by atoms with E-state index in [-0.39, 0.29) is 0 Å². The monoisotopic (exact) mass is 226 g/mol. The maximum absolute atomic E-state index is 5.65. The normalized spacial score (nSPS) is 23.2. The molecule has 1 aliphatic heterocycles. The van der Waals surface area contributed by atoms with Crippen molar-refractivity contribution < 1.29 is 4.42 Å². The summed E-state index contributed by atoms with van der Waals surface area (Å²) in [5.74, 6) is 3.48. The Morgan fingerprint density at radius 3 is 3.27 bits per heavy atom. The van der Waals surface area contributed by atoms with Crippen LogP contribution in [0.2, 0.25) is 0 Å². The molecule has 0 aliphatic carbocycles. The molecule has 0 saturated carbocycles. The third-order valence-electron chi connectivity index (χ3n) is 2.91. The molecule has 1 aliphatic rings. The number of nitrogens with zero attached hydrogens (tertiary/aromatic N) is 1. The fourth-order valence-corrected chi connectivity index (χ4v) is 2.95. The Kier molecular flexibility index (Phi) is 3.72. The van der Waals surface area contributed by atoms with Crippen LogP contribution >= 0.6 is 11.8 Å². The predicted octanol–water partition coefficient (Wildman–Crippen LogP) is 1.68. The Labute approximate surface area is 95.0 Å². The molecule has 4 heteroatoms. The molecule has 0 aromatic carbocycles. The zero-order valence-corrected chi connectivity index (χ0v) is 9.93. The van der Waals surface area contributed by atoms with Gasteiger partial charge in [0.1, 0.15) is 5.76 Å². The van der Waals surface area contributed by atoms with Gasteiger partial charge in [-0.15, -0.1) is 0 Å². The smallest absolute Gasteiger partial charge is 0.122 e. The molecule has 0 spiro atoms. The average molecular weight is 226 g/mol. The van der Waals surface area contributed by atoms with Crippen LogP contribution in [0, 0.1) is 0 Å². The molecule has 1 aromatic rings. The lowest BCUT2D eigenvalue weighted by molar-refractivity contribution is 0.205. The van der Waals surface area contributed by atoms with Crippen LogP contribution < -0.4 is 5.73 Å². The first-order valence-electron chi connectivity index (χ1n) is 5.38. The SMILES string of the molecule is CC1CSCCN1Cc1occc1CN. The first-order chi connectivity index (χ1) is 7.31. The van der Waals surface area contributed by atoms with Crippen molar-refractivity contribution in [3.63, 3.8) is 0 Å². The van der Waals surface area contributed by atoms with E-state index in [1.54, 1.807) is 6.26 Å². The number of hydrogen-bond acceptors (Lipinski definition) is 4. The van der Waals surface area contributed by atoms with Gasteiger partial charge in [0.25, 0.3) is 0 Å². The molecule has 2 rings (SSSR count). The topological polar surface area (TPSA) is 42.4 Å². The Morgan fingerprint density at radius 2 is 2.53 bits per heavy atom. The zero-order chi connectivity index (χ0) is 10.7. The minimum absolute atomic E-state index is 0.572. The molecule has 2 N–H and O–H groups in total. The van der Waals surface area contributed by atoms with E-state index in [0.29, 0.717) is 12.6 Å². The molecule has 1 fully saturated rings. The Bertz CT molecular complexity index is 313. The fourth-order valence-electron chi connectivity index (χ4n) is 1.87. The van der Waals surface area contributed by atoms with Gasteiger partial charge in [-0.3, -0.25) is 4.90 Å². The molecule has 1 saturated heterocycles. The zero-order valence-electron chi connectivity index (χ0n) is 9.11. The molecule has 0 bridgehead atoms. The van der Waals surface area contributed by atoms with Crippen LogP contribution in [0.25, 0.3) is 0 Å². The van der Waals surface area contributed by atoms with E-state index >= 15 is 0 Å². The van der Waals surface area contributed by atoms with Crippen LogP contribution in [-0.2, 0) is 13.1 Å². The van der Waals surface area contributed by atoms with Gasteiger partial charge < -0.3 is 10.2 Å². The maximum Gasteiger partial charge on any atom is 0.122 e. The summed E-state index contributed by atoms with van der Waals surface area (Å²) in [7, 11) is 0. The highest BCUT2D eigenvalue weighted by molar-refractivity contribution is 7.99. The maximum atomic E-state index is 5.65. The molecule has 1 atom stereocenters. The Balaban J connectivity index is 2.01. The lowest BCUT2D eigenvalue weighted by Gasteiger charge is -2.32. The lowest BCUT2D eigenvalue weighted by Crippen LogP contribution is -2.39. The van der Waals surface area contributed by atoms with E-state index in [0.717, 1.165) is 24.4 Å².